The van der Waals surface area contributed by atoms with Gasteiger partial charge in [-0.25, -0.2) is 18.0 Å². The van der Waals surface area contributed by atoms with Crippen molar-refractivity contribution >= 4 is 22.0 Å². The van der Waals surface area contributed by atoms with Crippen molar-refractivity contribution in [1.82, 2.24) is 4.31 Å². The highest BCUT2D eigenvalue weighted by molar-refractivity contribution is 7.89. The van der Waals surface area contributed by atoms with Crippen LogP contribution in [0.3, 0.4) is 0 Å². The van der Waals surface area contributed by atoms with E-state index in [2.05, 4.69) is 4.74 Å². The monoisotopic (exact) mass is 419 g/mol. The molecule has 0 aliphatic carbocycles. The van der Waals surface area contributed by atoms with Gasteiger partial charge in [0.2, 0.25) is 10.0 Å². The minimum atomic E-state index is -3.71. The maximum atomic E-state index is 12.7. The Morgan fingerprint density at radius 1 is 1.00 bits per heavy atom. The summed E-state index contributed by atoms with van der Waals surface area (Å²) in [6.07, 6.45) is 0. The lowest BCUT2D eigenvalue weighted by Gasteiger charge is -2.26. The third-order valence-electron chi connectivity index (χ3n) is 4.40. The number of benzene rings is 2. The molecule has 0 saturated carbocycles. The number of sulfonamides is 1. The highest BCUT2D eigenvalue weighted by Gasteiger charge is 2.27. The molecule has 3 rings (SSSR count). The second-order valence-electron chi connectivity index (χ2n) is 6.31. The molecule has 2 aromatic rings. The lowest BCUT2D eigenvalue weighted by atomic mass is 10.1. The van der Waals surface area contributed by atoms with Crippen molar-refractivity contribution in [3.8, 4) is 0 Å². The van der Waals surface area contributed by atoms with E-state index in [1.54, 1.807) is 24.3 Å². The molecule has 2 aromatic carbocycles. The van der Waals surface area contributed by atoms with Gasteiger partial charge in [0, 0.05) is 13.1 Å². The summed E-state index contributed by atoms with van der Waals surface area (Å²) >= 11 is 0. The second-order valence-corrected chi connectivity index (χ2v) is 8.25. The Morgan fingerprint density at radius 3 is 2.34 bits per heavy atom. The van der Waals surface area contributed by atoms with E-state index in [1.165, 1.54) is 35.7 Å². The molecule has 0 aromatic heterocycles. The van der Waals surface area contributed by atoms with E-state index >= 15 is 0 Å². The molecule has 0 spiro atoms. The van der Waals surface area contributed by atoms with Crippen LogP contribution in [-0.4, -0.2) is 58.1 Å². The van der Waals surface area contributed by atoms with Crippen LogP contribution >= 0.6 is 0 Å². The van der Waals surface area contributed by atoms with Gasteiger partial charge in [0.25, 0.3) is 0 Å². The van der Waals surface area contributed by atoms with Gasteiger partial charge in [-0.2, -0.15) is 4.31 Å². The van der Waals surface area contributed by atoms with Gasteiger partial charge in [-0.15, -0.1) is 0 Å². The van der Waals surface area contributed by atoms with Crippen molar-refractivity contribution < 1.29 is 32.2 Å². The third-order valence-corrected chi connectivity index (χ3v) is 6.29. The van der Waals surface area contributed by atoms with Crippen LogP contribution in [0.4, 0.5) is 0 Å². The molecule has 1 aliphatic heterocycles. The normalized spacial score (nSPS) is 14.9. The molecule has 0 bridgehead atoms. The van der Waals surface area contributed by atoms with E-state index in [0.717, 1.165) is 0 Å². The molecule has 0 amide bonds. The lowest BCUT2D eigenvalue weighted by molar-refractivity contribution is 0.0472. The number of ether oxygens (including phenoxy) is 3. The first-order valence-corrected chi connectivity index (χ1v) is 10.4. The summed E-state index contributed by atoms with van der Waals surface area (Å²) in [5.74, 6) is -1.15. The number of esters is 2. The molecular weight excluding hydrogens is 398 g/mol. The van der Waals surface area contributed by atoms with Gasteiger partial charge < -0.3 is 14.2 Å². The predicted molar refractivity (Wildman–Crippen MR) is 103 cm³/mol. The Bertz CT molecular complexity index is 997. The molecular formula is C20H21NO7S. The van der Waals surface area contributed by atoms with Crippen LogP contribution < -0.4 is 0 Å². The van der Waals surface area contributed by atoms with E-state index in [1.807, 2.05) is 0 Å². The number of morpholine rings is 1. The van der Waals surface area contributed by atoms with Gasteiger partial charge in [-0.1, -0.05) is 18.2 Å². The van der Waals surface area contributed by atoms with Crippen molar-refractivity contribution in [1.29, 1.82) is 0 Å². The summed E-state index contributed by atoms with van der Waals surface area (Å²) in [4.78, 5) is 24.0. The van der Waals surface area contributed by atoms with E-state index in [4.69, 9.17) is 9.47 Å². The second kappa shape index (κ2) is 9.17. The molecule has 0 unspecified atom stereocenters. The number of rotatable bonds is 6. The van der Waals surface area contributed by atoms with Gasteiger partial charge in [-0.3, -0.25) is 0 Å². The zero-order valence-electron chi connectivity index (χ0n) is 15.9. The molecule has 0 atom stereocenters. The van der Waals surface area contributed by atoms with Crippen molar-refractivity contribution in [2.24, 2.45) is 0 Å². The van der Waals surface area contributed by atoms with Crippen molar-refractivity contribution in [3.05, 3.63) is 65.2 Å². The molecule has 29 heavy (non-hydrogen) atoms. The van der Waals surface area contributed by atoms with Gasteiger partial charge in [-0.05, 0) is 35.9 Å². The van der Waals surface area contributed by atoms with Crippen LogP contribution in [0, 0.1) is 0 Å². The maximum absolute atomic E-state index is 12.7. The molecule has 9 heteroatoms. The van der Waals surface area contributed by atoms with Crippen LogP contribution in [-0.2, 0) is 30.8 Å². The van der Waals surface area contributed by atoms with Crippen molar-refractivity contribution in [3.63, 3.8) is 0 Å². The smallest absolute Gasteiger partial charge is 0.338 e. The zero-order valence-corrected chi connectivity index (χ0v) is 16.7. The summed E-state index contributed by atoms with van der Waals surface area (Å²) in [5.41, 5.74) is 1.08. The first-order valence-electron chi connectivity index (χ1n) is 8.94. The largest absolute Gasteiger partial charge is 0.465 e. The van der Waals surface area contributed by atoms with Crippen molar-refractivity contribution in [2.75, 3.05) is 33.4 Å². The predicted octanol–water partition coefficient (Wildman–Crippen LogP) is 1.85. The molecule has 1 aliphatic rings. The molecule has 0 radical (unpaired) electrons. The van der Waals surface area contributed by atoms with E-state index < -0.39 is 22.0 Å². The molecule has 1 fully saturated rings. The van der Waals surface area contributed by atoms with E-state index in [0.29, 0.717) is 24.3 Å². The van der Waals surface area contributed by atoms with Crippen LogP contribution in [0.2, 0.25) is 0 Å². The highest BCUT2D eigenvalue weighted by Crippen LogP contribution is 2.19. The Labute approximate surface area is 169 Å². The fourth-order valence-electron chi connectivity index (χ4n) is 2.86. The minimum absolute atomic E-state index is 0.0292. The number of hydrogen-bond donors (Lipinski definition) is 0. The average Bonchev–Trinajstić information content (AvgIpc) is 2.77. The van der Waals surface area contributed by atoms with E-state index in [-0.39, 0.29) is 30.2 Å². The van der Waals surface area contributed by atoms with Crippen molar-refractivity contribution in [2.45, 2.75) is 11.5 Å². The first kappa shape index (κ1) is 21.0. The fourth-order valence-corrected chi connectivity index (χ4v) is 4.31. The van der Waals surface area contributed by atoms with Crippen LogP contribution in [0.5, 0.6) is 0 Å². The summed E-state index contributed by atoms with van der Waals surface area (Å²) < 4.78 is 42.0. The summed E-state index contributed by atoms with van der Waals surface area (Å²) in [6, 6.07) is 12.3. The zero-order chi connectivity index (χ0) is 20.9. The van der Waals surface area contributed by atoms with Gasteiger partial charge >= 0.3 is 11.9 Å². The molecule has 154 valence electrons. The highest BCUT2D eigenvalue weighted by atomic mass is 32.2. The summed E-state index contributed by atoms with van der Waals surface area (Å²) in [6.45, 7) is 1.16. The Morgan fingerprint density at radius 2 is 1.66 bits per heavy atom. The SMILES string of the molecule is COC(=O)c1cccc(COC(=O)c2cccc(S(=O)(=O)N3CCOCC3)c2)c1. The number of methoxy groups -OCH3 is 1. The van der Waals surface area contributed by atoms with Gasteiger partial charge in [0.1, 0.15) is 6.61 Å². The standard InChI is InChI=1S/C20H21NO7S/c1-26-19(22)16-5-2-4-15(12-16)14-28-20(23)17-6-3-7-18(13-17)29(24,25)21-8-10-27-11-9-21/h2-7,12-13H,8-11,14H2,1H3. The van der Waals surface area contributed by atoms with Gasteiger partial charge in [0.05, 0.1) is 36.3 Å². The minimum Gasteiger partial charge on any atom is -0.465 e. The summed E-state index contributed by atoms with van der Waals surface area (Å²) in [7, 11) is -2.42. The Balaban J connectivity index is 1.70. The Kier molecular flexibility index (Phi) is 6.63. The molecule has 1 saturated heterocycles. The van der Waals surface area contributed by atoms with Crippen LogP contribution in [0.25, 0.3) is 0 Å². The fraction of sp³-hybridized carbons (Fsp3) is 0.300. The summed E-state index contributed by atoms with van der Waals surface area (Å²) in [5, 5.41) is 0. The molecule has 1 heterocycles. The van der Waals surface area contributed by atoms with Gasteiger partial charge in [0.15, 0.2) is 0 Å². The average molecular weight is 419 g/mol. The molecule has 8 nitrogen and oxygen atoms in total. The lowest BCUT2D eigenvalue weighted by Crippen LogP contribution is -2.40. The third kappa shape index (κ3) is 5.00. The van der Waals surface area contributed by atoms with E-state index in [9.17, 15) is 18.0 Å². The topological polar surface area (TPSA) is 99.2 Å². The Hall–Kier alpha value is -2.75. The number of nitrogens with zero attached hydrogens (tertiary/aromatic N) is 1. The maximum Gasteiger partial charge on any atom is 0.338 e. The number of carbonyl (C=O) groups is 2. The van der Waals surface area contributed by atoms with Crippen LogP contribution in [0.15, 0.2) is 53.4 Å². The molecule has 0 N–H and O–H groups in total. The quantitative estimate of drug-likeness (QED) is 0.659. The number of carbonyl (C=O) groups excluding carboxylic acids is 2. The first-order chi connectivity index (χ1) is 13.9. The number of hydrogen-bond acceptors (Lipinski definition) is 7. The van der Waals surface area contributed by atoms with Crippen LogP contribution in [0.1, 0.15) is 26.3 Å².